The molecule has 1 unspecified atom stereocenters. The molecule has 0 aliphatic carbocycles. The van der Waals surface area contributed by atoms with Crippen molar-refractivity contribution in [2.75, 3.05) is 13.7 Å². The van der Waals surface area contributed by atoms with Gasteiger partial charge in [-0.3, -0.25) is 0 Å². The molecular formula is C16H28N2O. The molecule has 1 N–H and O–H groups in total. The van der Waals surface area contributed by atoms with E-state index in [0.29, 0.717) is 6.04 Å². The Kier molecular flexibility index (Phi) is 7.49. The van der Waals surface area contributed by atoms with Crippen LogP contribution in [-0.4, -0.2) is 18.6 Å². The summed E-state index contributed by atoms with van der Waals surface area (Å²) >= 11 is 0. The van der Waals surface area contributed by atoms with Crippen LogP contribution in [0.4, 0.5) is 0 Å². The van der Waals surface area contributed by atoms with E-state index in [1.807, 2.05) is 6.07 Å². The summed E-state index contributed by atoms with van der Waals surface area (Å²) in [5.74, 6) is 1.52. The lowest BCUT2D eigenvalue weighted by molar-refractivity contribution is 0.374. The highest BCUT2D eigenvalue weighted by Gasteiger charge is 2.15. The molecule has 0 bridgehead atoms. The van der Waals surface area contributed by atoms with Crippen LogP contribution in [0.2, 0.25) is 0 Å². The fraction of sp³-hybridized carbons (Fsp3) is 0.688. The van der Waals surface area contributed by atoms with Crippen LogP contribution < -0.4 is 10.1 Å². The van der Waals surface area contributed by atoms with Gasteiger partial charge in [-0.25, -0.2) is 4.98 Å². The number of nitrogens with one attached hydrogen (secondary N) is 1. The van der Waals surface area contributed by atoms with Crippen molar-refractivity contribution in [3.8, 4) is 5.88 Å². The molecule has 3 heteroatoms. The SMILES string of the molecule is CCCNC(CCCC(C)C)c1cccnc1OC. The Morgan fingerprint density at radius 1 is 1.32 bits per heavy atom. The summed E-state index contributed by atoms with van der Waals surface area (Å²) in [6, 6.07) is 4.46. The third-order valence-corrected chi connectivity index (χ3v) is 3.28. The number of hydrogen-bond acceptors (Lipinski definition) is 3. The molecule has 1 rings (SSSR count). The number of pyridine rings is 1. The Hall–Kier alpha value is -1.09. The minimum absolute atomic E-state index is 0.349. The topological polar surface area (TPSA) is 34.2 Å². The van der Waals surface area contributed by atoms with Gasteiger partial charge in [0, 0.05) is 17.8 Å². The summed E-state index contributed by atoms with van der Waals surface area (Å²) in [6.07, 6.45) is 6.57. The van der Waals surface area contributed by atoms with Crippen molar-refractivity contribution >= 4 is 0 Å². The van der Waals surface area contributed by atoms with Crippen molar-refractivity contribution in [3.63, 3.8) is 0 Å². The van der Waals surface area contributed by atoms with Crippen LogP contribution in [0.5, 0.6) is 5.88 Å². The molecule has 0 saturated heterocycles. The third-order valence-electron chi connectivity index (χ3n) is 3.28. The van der Waals surface area contributed by atoms with Crippen LogP contribution in [-0.2, 0) is 0 Å². The maximum atomic E-state index is 5.38. The average molecular weight is 264 g/mol. The van der Waals surface area contributed by atoms with Crippen LogP contribution in [0.1, 0.15) is 58.1 Å². The van der Waals surface area contributed by atoms with E-state index in [0.717, 1.165) is 31.2 Å². The molecule has 0 aromatic carbocycles. The molecule has 3 nitrogen and oxygen atoms in total. The molecule has 0 aliphatic heterocycles. The molecule has 0 amide bonds. The summed E-state index contributed by atoms with van der Waals surface area (Å²) in [5.41, 5.74) is 1.18. The van der Waals surface area contributed by atoms with Crippen molar-refractivity contribution in [1.29, 1.82) is 0 Å². The first kappa shape index (κ1) is 16.0. The van der Waals surface area contributed by atoms with E-state index in [1.165, 1.54) is 18.4 Å². The Morgan fingerprint density at radius 2 is 2.11 bits per heavy atom. The van der Waals surface area contributed by atoms with Crippen molar-refractivity contribution in [3.05, 3.63) is 23.9 Å². The smallest absolute Gasteiger partial charge is 0.217 e. The van der Waals surface area contributed by atoms with Gasteiger partial charge < -0.3 is 10.1 Å². The second-order valence-electron chi connectivity index (χ2n) is 5.43. The Balaban J connectivity index is 2.71. The van der Waals surface area contributed by atoms with Gasteiger partial charge in [0.05, 0.1) is 7.11 Å². The largest absolute Gasteiger partial charge is 0.481 e. The van der Waals surface area contributed by atoms with Crippen LogP contribution in [0.3, 0.4) is 0 Å². The molecule has 108 valence electrons. The fourth-order valence-corrected chi connectivity index (χ4v) is 2.26. The zero-order chi connectivity index (χ0) is 14.1. The highest BCUT2D eigenvalue weighted by molar-refractivity contribution is 5.28. The number of ether oxygens (including phenoxy) is 1. The van der Waals surface area contributed by atoms with Crippen molar-refractivity contribution < 1.29 is 4.74 Å². The van der Waals surface area contributed by atoms with Gasteiger partial charge in [-0.05, 0) is 31.4 Å². The maximum absolute atomic E-state index is 5.38. The molecule has 0 saturated carbocycles. The predicted molar refractivity (Wildman–Crippen MR) is 80.5 cm³/mol. The second-order valence-corrected chi connectivity index (χ2v) is 5.43. The molecule has 0 spiro atoms. The van der Waals surface area contributed by atoms with E-state index in [9.17, 15) is 0 Å². The summed E-state index contributed by atoms with van der Waals surface area (Å²) < 4.78 is 5.38. The van der Waals surface area contributed by atoms with Gasteiger partial charge in [-0.2, -0.15) is 0 Å². The number of rotatable bonds is 9. The van der Waals surface area contributed by atoms with E-state index in [-0.39, 0.29) is 0 Å². The minimum Gasteiger partial charge on any atom is -0.481 e. The van der Waals surface area contributed by atoms with Gasteiger partial charge in [0.15, 0.2) is 0 Å². The summed E-state index contributed by atoms with van der Waals surface area (Å²) in [6.45, 7) is 7.78. The lowest BCUT2D eigenvalue weighted by atomic mass is 9.98. The second kappa shape index (κ2) is 8.92. The molecule has 1 aromatic heterocycles. The zero-order valence-electron chi connectivity index (χ0n) is 12.8. The van der Waals surface area contributed by atoms with E-state index < -0.39 is 0 Å². The van der Waals surface area contributed by atoms with Gasteiger partial charge in [-0.15, -0.1) is 0 Å². The fourth-order valence-electron chi connectivity index (χ4n) is 2.26. The lowest BCUT2D eigenvalue weighted by Crippen LogP contribution is -2.23. The van der Waals surface area contributed by atoms with Gasteiger partial charge in [0.1, 0.15) is 0 Å². The van der Waals surface area contributed by atoms with Gasteiger partial charge in [-0.1, -0.05) is 39.7 Å². The molecule has 1 atom stereocenters. The number of aromatic nitrogens is 1. The molecule has 0 aliphatic rings. The monoisotopic (exact) mass is 264 g/mol. The Labute approximate surface area is 117 Å². The molecule has 0 radical (unpaired) electrons. The molecular weight excluding hydrogens is 236 g/mol. The van der Waals surface area contributed by atoms with Crippen LogP contribution in [0.15, 0.2) is 18.3 Å². The standard InChI is InChI=1S/C16H28N2O/c1-5-11-17-15(10-6-8-13(2)3)14-9-7-12-18-16(14)19-4/h7,9,12-13,15,17H,5-6,8,10-11H2,1-4H3. The quantitative estimate of drug-likeness (QED) is 0.733. The van der Waals surface area contributed by atoms with Crippen LogP contribution >= 0.6 is 0 Å². The first-order valence-corrected chi connectivity index (χ1v) is 7.41. The minimum atomic E-state index is 0.349. The van der Waals surface area contributed by atoms with E-state index in [1.54, 1.807) is 13.3 Å². The average Bonchev–Trinajstić information content (AvgIpc) is 2.42. The molecule has 19 heavy (non-hydrogen) atoms. The van der Waals surface area contributed by atoms with Gasteiger partial charge in [0.25, 0.3) is 0 Å². The van der Waals surface area contributed by atoms with E-state index in [4.69, 9.17) is 4.74 Å². The third kappa shape index (κ3) is 5.60. The molecule has 1 aromatic rings. The Bertz CT molecular complexity index is 352. The number of nitrogens with zero attached hydrogens (tertiary/aromatic N) is 1. The summed E-state index contributed by atoms with van der Waals surface area (Å²) in [5, 5.41) is 3.61. The van der Waals surface area contributed by atoms with Crippen LogP contribution in [0.25, 0.3) is 0 Å². The Morgan fingerprint density at radius 3 is 2.74 bits per heavy atom. The highest BCUT2D eigenvalue weighted by Crippen LogP contribution is 2.27. The first-order chi connectivity index (χ1) is 9.19. The first-order valence-electron chi connectivity index (χ1n) is 7.41. The van der Waals surface area contributed by atoms with Crippen molar-refractivity contribution in [2.45, 2.75) is 52.5 Å². The normalized spacial score (nSPS) is 12.7. The molecule has 1 heterocycles. The van der Waals surface area contributed by atoms with Crippen molar-refractivity contribution in [2.24, 2.45) is 5.92 Å². The number of hydrogen-bond donors (Lipinski definition) is 1. The summed E-state index contributed by atoms with van der Waals surface area (Å²) in [7, 11) is 1.69. The van der Waals surface area contributed by atoms with Crippen LogP contribution in [0, 0.1) is 5.92 Å². The van der Waals surface area contributed by atoms with Gasteiger partial charge in [0.2, 0.25) is 5.88 Å². The van der Waals surface area contributed by atoms with E-state index >= 15 is 0 Å². The summed E-state index contributed by atoms with van der Waals surface area (Å²) in [4.78, 5) is 4.31. The lowest BCUT2D eigenvalue weighted by Gasteiger charge is -2.21. The van der Waals surface area contributed by atoms with E-state index in [2.05, 4.69) is 37.1 Å². The van der Waals surface area contributed by atoms with Gasteiger partial charge >= 0.3 is 0 Å². The van der Waals surface area contributed by atoms with Crippen molar-refractivity contribution in [1.82, 2.24) is 10.3 Å². The molecule has 0 fully saturated rings. The zero-order valence-corrected chi connectivity index (χ0v) is 12.8. The predicted octanol–water partition coefficient (Wildman–Crippen LogP) is 3.96. The highest BCUT2D eigenvalue weighted by atomic mass is 16.5. The number of methoxy groups -OCH3 is 1. The maximum Gasteiger partial charge on any atom is 0.217 e.